The zero-order chi connectivity index (χ0) is 18.5. The Labute approximate surface area is 151 Å². The quantitative estimate of drug-likeness (QED) is 0.565. The number of rotatable bonds is 3. The molecule has 2 aliphatic rings. The Bertz CT molecular complexity index is 742. The van der Waals surface area contributed by atoms with E-state index in [-0.39, 0.29) is 6.03 Å². The molecule has 8 heteroatoms. The van der Waals surface area contributed by atoms with Gasteiger partial charge in [0.2, 0.25) is 0 Å². The summed E-state index contributed by atoms with van der Waals surface area (Å²) in [7, 11) is 1.59. The van der Waals surface area contributed by atoms with Crippen molar-refractivity contribution in [3.8, 4) is 5.75 Å². The maximum Gasteiger partial charge on any atom is 0.322 e. The number of methoxy groups -OCH3 is 1. The standard InChI is InChI=1S/C18H21N3O5/c1-25-15-6-4-14(5-7-15)19-18(23)21-8-9-26-16-10-12(17(22)20-24)2-3-13(16)11-21/h3-7,10,12,24H,2,8-9,11H2,1H3,(H,19,23)(H,20,22). The first kappa shape index (κ1) is 17.8. The maximum absolute atomic E-state index is 12.6. The van der Waals surface area contributed by atoms with Crippen LogP contribution in [-0.2, 0) is 9.53 Å². The lowest BCUT2D eigenvalue weighted by Gasteiger charge is -2.22. The number of hydroxylamine groups is 1. The van der Waals surface area contributed by atoms with Gasteiger partial charge in [-0.2, -0.15) is 0 Å². The Morgan fingerprint density at radius 3 is 2.77 bits per heavy atom. The number of nitrogens with one attached hydrogen (secondary N) is 2. The molecule has 3 amide bonds. The minimum atomic E-state index is -0.477. The fourth-order valence-electron chi connectivity index (χ4n) is 2.88. The second-order valence-corrected chi connectivity index (χ2v) is 6.01. The number of allylic oxidation sites excluding steroid dienone is 1. The van der Waals surface area contributed by atoms with Crippen LogP contribution in [0.15, 0.2) is 47.7 Å². The molecule has 0 saturated carbocycles. The summed E-state index contributed by atoms with van der Waals surface area (Å²) in [5.41, 5.74) is 3.19. The summed E-state index contributed by atoms with van der Waals surface area (Å²) in [6, 6.07) is 6.87. The first-order chi connectivity index (χ1) is 12.6. The van der Waals surface area contributed by atoms with Crippen molar-refractivity contribution in [1.82, 2.24) is 10.4 Å². The molecule has 0 aromatic heterocycles. The third-order valence-corrected chi connectivity index (χ3v) is 4.34. The highest BCUT2D eigenvalue weighted by Gasteiger charge is 2.27. The van der Waals surface area contributed by atoms with Crippen molar-refractivity contribution in [3.63, 3.8) is 0 Å². The average Bonchev–Trinajstić information content (AvgIpc) is 2.89. The van der Waals surface area contributed by atoms with Crippen LogP contribution in [0.25, 0.3) is 0 Å². The molecule has 1 saturated heterocycles. The zero-order valence-electron chi connectivity index (χ0n) is 14.4. The molecule has 1 aliphatic heterocycles. The highest BCUT2D eigenvalue weighted by atomic mass is 16.5. The topological polar surface area (TPSA) is 100 Å². The van der Waals surface area contributed by atoms with E-state index < -0.39 is 11.8 Å². The molecule has 1 fully saturated rings. The molecular formula is C18H21N3O5. The minimum absolute atomic E-state index is 0.226. The molecule has 0 bridgehead atoms. The van der Waals surface area contributed by atoms with E-state index in [0.29, 0.717) is 37.6 Å². The van der Waals surface area contributed by atoms with Crippen LogP contribution >= 0.6 is 0 Å². The van der Waals surface area contributed by atoms with Crippen molar-refractivity contribution >= 4 is 17.6 Å². The Kier molecular flexibility index (Phi) is 5.43. The average molecular weight is 359 g/mol. The smallest absolute Gasteiger partial charge is 0.322 e. The first-order valence-corrected chi connectivity index (χ1v) is 8.28. The van der Waals surface area contributed by atoms with E-state index >= 15 is 0 Å². The summed E-state index contributed by atoms with van der Waals surface area (Å²) < 4.78 is 10.8. The van der Waals surface area contributed by atoms with Gasteiger partial charge in [0, 0.05) is 11.3 Å². The van der Waals surface area contributed by atoms with Crippen LogP contribution < -0.4 is 15.5 Å². The number of urea groups is 1. The molecule has 8 nitrogen and oxygen atoms in total. The van der Waals surface area contributed by atoms with Crippen molar-refractivity contribution in [2.75, 3.05) is 32.1 Å². The molecule has 1 atom stereocenters. The number of carbonyl (C=O) groups is 2. The predicted molar refractivity (Wildman–Crippen MR) is 93.7 cm³/mol. The fourth-order valence-corrected chi connectivity index (χ4v) is 2.88. The highest BCUT2D eigenvalue weighted by molar-refractivity contribution is 5.89. The SMILES string of the molecule is COc1ccc(NC(=O)N2CCOC3=CC(C(=O)NO)CC=C3C2)cc1. The predicted octanol–water partition coefficient (Wildman–Crippen LogP) is 1.89. The van der Waals surface area contributed by atoms with E-state index in [1.165, 1.54) is 0 Å². The van der Waals surface area contributed by atoms with Crippen LogP contribution in [0.5, 0.6) is 5.75 Å². The van der Waals surface area contributed by atoms with Gasteiger partial charge >= 0.3 is 6.03 Å². The summed E-state index contributed by atoms with van der Waals surface area (Å²) in [4.78, 5) is 25.8. The third kappa shape index (κ3) is 3.97. The van der Waals surface area contributed by atoms with Crippen LogP contribution in [0.3, 0.4) is 0 Å². The molecule has 138 valence electrons. The van der Waals surface area contributed by atoms with E-state index in [9.17, 15) is 9.59 Å². The molecule has 3 rings (SSSR count). The maximum atomic E-state index is 12.6. The summed E-state index contributed by atoms with van der Waals surface area (Å²) >= 11 is 0. The number of hydrogen-bond acceptors (Lipinski definition) is 5. The van der Waals surface area contributed by atoms with Crippen molar-refractivity contribution in [2.45, 2.75) is 6.42 Å². The molecule has 3 N–H and O–H groups in total. The van der Waals surface area contributed by atoms with E-state index in [1.54, 1.807) is 47.8 Å². The number of nitrogens with zero attached hydrogens (tertiary/aromatic N) is 1. The zero-order valence-corrected chi connectivity index (χ0v) is 14.4. The van der Waals surface area contributed by atoms with Gasteiger partial charge < -0.3 is 19.7 Å². The van der Waals surface area contributed by atoms with E-state index in [2.05, 4.69) is 5.32 Å². The van der Waals surface area contributed by atoms with E-state index in [1.807, 2.05) is 6.08 Å². The van der Waals surface area contributed by atoms with Crippen LogP contribution in [0.4, 0.5) is 10.5 Å². The lowest BCUT2D eigenvalue weighted by atomic mass is 9.94. The van der Waals surface area contributed by atoms with Crippen molar-refractivity contribution in [2.24, 2.45) is 5.92 Å². The largest absolute Gasteiger partial charge is 0.497 e. The number of ether oxygens (including phenoxy) is 2. The van der Waals surface area contributed by atoms with Gasteiger partial charge in [0.25, 0.3) is 5.91 Å². The number of fused-ring (bicyclic) bond motifs is 1. The first-order valence-electron chi connectivity index (χ1n) is 8.28. The number of carbonyl (C=O) groups excluding carboxylic acids is 2. The molecular weight excluding hydrogens is 338 g/mol. The normalized spacial score (nSPS) is 19.2. The van der Waals surface area contributed by atoms with Gasteiger partial charge in [-0.05, 0) is 36.8 Å². The second-order valence-electron chi connectivity index (χ2n) is 6.01. The lowest BCUT2D eigenvalue weighted by Crippen LogP contribution is -2.37. The summed E-state index contributed by atoms with van der Waals surface area (Å²) in [5.74, 6) is 0.354. The third-order valence-electron chi connectivity index (χ3n) is 4.34. The molecule has 0 radical (unpaired) electrons. The highest BCUT2D eigenvalue weighted by Crippen LogP contribution is 2.27. The molecule has 1 aromatic rings. The molecule has 1 unspecified atom stereocenters. The number of anilines is 1. The van der Waals surface area contributed by atoms with Gasteiger partial charge in [-0.15, -0.1) is 0 Å². The van der Waals surface area contributed by atoms with Gasteiger partial charge in [0.15, 0.2) is 0 Å². The fraction of sp³-hybridized carbons (Fsp3) is 0.333. The number of amides is 3. The van der Waals surface area contributed by atoms with Crippen LogP contribution in [0, 0.1) is 5.92 Å². The van der Waals surface area contributed by atoms with Crippen molar-refractivity contribution < 1.29 is 24.3 Å². The van der Waals surface area contributed by atoms with E-state index in [4.69, 9.17) is 14.7 Å². The molecule has 1 aromatic carbocycles. The Balaban J connectivity index is 1.65. The molecule has 0 spiro atoms. The van der Waals surface area contributed by atoms with Crippen LogP contribution in [0.2, 0.25) is 0 Å². The Hall–Kier alpha value is -3.00. The van der Waals surface area contributed by atoms with Crippen molar-refractivity contribution in [1.29, 1.82) is 0 Å². The lowest BCUT2D eigenvalue weighted by molar-refractivity contribution is -0.131. The monoisotopic (exact) mass is 359 g/mol. The van der Waals surface area contributed by atoms with Gasteiger partial charge in [-0.25, -0.2) is 10.3 Å². The van der Waals surface area contributed by atoms with Gasteiger partial charge in [0.1, 0.15) is 18.1 Å². The minimum Gasteiger partial charge on any atom is -0.497 e. The summed E-state index contributed by atoms with van der Waals surface area (Å²) in [6.07, 6.45) is 4.00. The second kappa shape index (κ2) is 7.92. The van der Waals surface area contributed by atoms with E-state index in [0.717, 1.165) is 11.3 Å². The van der Waals surface area contributed by atoms with Crippen LogP contribution in [-0.4, -0.2) is 48.9 Å². The molecule has 1 heterocycles. The van der Waals surface area contributed by atoms with Gasteiger partial charge in [-0.3, -0.25) is 10.0 Å². The van der Waals surface area contributed by atoms with Crippen molar-refractivity contribution in [3.05, 3.63) is 47.7 Å². The number of benzene rings is 1. The van der Waals surface area contributed by atoms with Crippen LogP contribution in [0.1, 0.15) is 6.42 Å². The summed E-state index contributed by atoms with van der Waals surface area (Å²) in [5, 5.41) is 11.6. The molecule has 26 heavy (non-hydrogen) atoms. The Morgan fingerprint density at radius 1 is 1.31 bits per heavy atom. The Morgan fingerprint density at radius 2 is 2.08 bits per heavy atom. The summed E-state index contributed by atoms with van der Waals surface area (Å²) in [6.45, 7) is 1.14. The van der Waals surface area contributed by atoms with Gasteiger partial charge in [-0.1, -0.05) is 6.08 Å². The number of hydrogen-bond donors (Lipinski definition) is 3. The molecule has 1 aliphatic carbocycles. The van der Waals surface area contributed by atoms with Gasteiger partial charge in [0.05, 0.1) is 26.1 Å².